The highest BCUT2D eigenvalue weighted by molar-refractivity contribution is 5.34. The Morgan fingerprint density at radius 1 is 1.44 bits per heavy atom. The minimum Gasteiger partial charge on any atom is -0.373 e. The van der Waals surface area contributed by atoms with Crippen molar-refractivity contribution < 1.29 is 0 Å². The summed E-state index contributed by atoms with van der Waals surface area (Å²) in [7, 11) is 3.47. The first kappa shape index (κ1) is 10.4. The highest BCUT2D eigenvalue weighted by atomic mass is 16.2. The quantitative estimate of drug-likeness (QED) is 0.793. The van der Waals surface area contributed by atoms with Gasteiger partial charge in [0.15, 0.2) is 0 Å². The second-order valence-electron chi connectivity index (χ2n) is 3.45. The van der Waals surface area contributed by atoms with Gasteiger partial charge in [0.1, 0.15) is 12.1 Å². The normalized spacial score (nSPS) is 10.4. The molecule has 0 aromatic carbocycles. The number of hydrogen-bond donors (Lipinski definition) is 1. The van der Waals surface area contributed by atoms with E-state index in [1.54, 1.807) is 14.1 Å². The molecule has 0 saturated heterocycles. The maximum absolute atomic E-state index is 11.5. The molecule has 1 N–H and O–H groups in total. The maximum Gasteiger partial charge on any atom is 0.345 e. The van der Waals surface area contributed by atoms with E-state index < -0.39 is 0 Å². The van der Waals surface area contributed by atoms with Crippen LogP contribution in [-0.2, 0) is 13.6 Å². The minimum absolute atomic E-state index is 0.142. The Morgan fingerprint density at radius 3 is 2.88 bits per heavy atom. The highest BCUT2D eigenvalue weighted by Gasteiger charge is 2.03. The van der Waals surface area contributed by atoms with Gasteiger partial charge in [0.05, 0.1) is 12.2 Å². The maximum atomic E-state index is 11.5. The van der Waals surface area contributed by atoms with E-state index in [4.69, 9.17) is 0 Å². The first-order valence-corrected chi connectivity index (χ1v) is 4.93. The number of hydrogen-bond acceptors (Lipinski definition) is 4. The predicted molar refractivity (Wildman–Crippen MR) is 60.4 cm³/mol. The van der Waals surface area contributed by atoms with E-state index in [1.807, 2.05) is 18.2 Å². The fraction of sp³-hybridized carbons (Fsp3) is 0.300. The molecular weight excluding hydrogens is 206 g/mol. The molecule has 0 atom stereocenters. The molecule has 2 aromatic rings. The average Bonchev–Trinajstić information content (AvgIpc) is 2.61. The molecule has 2 heterocycles. The van der Waals surface area contributed by atoms with Crippen molar-refractivity contribution in [3.63, 3.8) is 0 Å². The van der Waals surface area contributed by atoms with Crippen LogP contribution in [0.3, 0.4) is 0 Å². The van der Waals surface area contributed by atoms with Crippen molar-refractivity contribution in [2.24, 2.45) is 7.05 Å². The van der Waals surface area contributed by atoms with Crippen LogP contribution >= 0.6 is 0 Å². The third kappa shape index (κ3) is 1.95. The van der Waals surface area contributed by atoms with E-state index >= 15 is 0 Å². The zero-order chi connectivity index (χ0) is 11.5. The van der Waals surface area contributed by atoms with Crippen LogP contribution in [0.25, 0.3) is 0 Å². The van der Waals surface area contributed by atoms with Crippen molar-refractivity contribution in [1.29, 1.82) is 0 Å². The summed E-state index contributed by atoms with van der Waals surface area (Å²) in [5.74, 6) is 0.779. The van der Waals surface area contributed by atoms with Gasteiger partial charge in [-0.3, -0.25) is 4.57 Å². The van der Waals surface area contributed by atoms with Crippen LogP contribution < -0.4 is 11.0 Å². The SMILES string of the molecule is CNc1cccc(Cn2ncn(C)c2=O)n1. The summed E-state index contributed by atoms with van der Waals surface area (Å²) in [4.78, 5) is 15.9. The Hall–Kier alpha value is -2.11. The summed E-state index contributed by atoms with van der Waals surface area (Å²) in [6, 6.07) is 5.62. The van der Waals surface area contributed by atoms with Crippen LogP contribution in [0, 0.1) is 0 Å². The first-order valence-electron chi connectivity index (χ1n) is 4.93. The van der Waals surface area contributed by atoms with E-state index in [1.165, 1.54) is 15.6 Å². The molecule has 0 amide bonds. The Labute approximate surface area is 92.6 Å². The van der Waals surface area contributed by atoms with E-state index in [0.717, 1.165) is 11.5 Å². The summed E-state index contributed by atoms with van der Waals surface area (Å²) in [5.41, 5.74) is 0.657. The number of nitrogens with one attached hydrogen (secondary N) is 1. The van der Waals surface area contributed by atoms with Crippen molar-refractivity contribution in [2.45, 2.75) is 6.54 Å². The van der Waals surface area contributed by atoms with Crippen LogP contribution in [-0.4, -0.2) is 26.4 Å². The van der Waals surface area contributed by atoms with Gasteiger partial charge in [-0.1, -0.05) is 6.07 Å². The molecule has 6 nitrogen and oxygen atoms in total. The molecule has 0 radical (unpaired) electrons. The lowest BCUT2D eigenvalue weighted by molar-refractivity contribution is 0.636. The summed E-state index contributed by atoms with van der Waals surface area (Å²) in [6.45, 7) is 0.384. The van der Waals surface area contributed by atoms with Crippen molar-refractivity contribution in [3.05, 3.63) is 40.7 Å². The van der Waals surface area contributed by atoms with Gasteiger partial charge in [-0.15, -0.1) is 0 Å². The zero-order valence-electron chi connectivity index (χ0n) is 9.21. The summed E-state index contributed by atoms with van der Waals surface area (Å²) in [5, 5.41) is 6.92. The molecule has 0 spiro atoms. The van der Waals surface area contributed by atoms with Crippen LogP contribution in [0.5, 0.6) is 0 Å². The fourth-order valence-electron chi connectivity index (χ4n) is 1.39. The first-order chi connectivity index (χ1) is 7.70. The molecule has 84 valence electrons. The van der Waals surface area contributed by atoms with Crippen LogP contribution in [0.4, 0.5) is 5.82 Å². The van der Waals surface area contributed by atoms with Crippen molar-refractivity contribution in [3.8, 4) is 0 Å². The number of anilines is 1. The molecular formula is C10H13N5O. The summed E-state index contributed by atoms with van der Waals surface area (Å²) in [6.07, 6.45) is 1.49. The Morgan fingerprint density at radius 2 is 2.25 bits per heavy atom. The number of nitrogens with zero attached hydrogens (tertiary/aromatic N) is 4. The van der Waals surface area contributed by atoms with Gasteiger partial charge in [-0.25, -0.2) is 14.5 Å². The van der Waals surface area contributed by atoms with E-state index in [2.05, 4.69) is 15.4 Å². The molecule has 0 aliphatic carbocycles. The Bertz CT molecular complexity index is 542. The Balaban J connectivity index is 2.27. The summed E-state index contributed by atoms with van der Waals surface area (Å²) >= 11 is 0. The van der Waals surface area contributed by atoms with Crippen LogP contribution in [0.15, 0.2) is 29.3 Å². The molecule has 2 aromatic heterocycles. The topological polar surface area (TPSA) is 64.7 Å². The van der Waals surface area contributed by atoms with Crippen molar-refractivity contribution in [2.75, 3.05) is 12.4 Å². The summed E-state index contributed by atoms with van der Waals surface area (Å²) < 4.78 is 2.81. The molecule has 2 rings (SSSR count). The van der Waals surface area contributed by atoms with Gasteiger partial charge >= 0.3 is 5.69 Å². The molecule has 0 aliphatic heterocycles. The fourth-order valence-corrected chi connectivity index (χ4v) is 1.39. The number of aryl methyl sites for hydroxylation is 1. The molecule has 16 heavy (non-hydrogen) atoms. The van der Waals surface area contributed by atoms with Crippen LogP contribution in [0.1, 0.15) is 5.69 Å². The van der Waals surface area contributed by atoms with Crippen molar-refractivity contribution in [1.82, 2.24) is 19.3 Å². The molecule has 0 unspecified atom stereocenters. The number of rotatable bonds is 3. The minimum atomic E-state index is -0.142. The second kappa shape index (κ2) is 4.18. The zero-order valence-corrected chi connectivity index (χ0v) is 9.21. The van der Waals surface area contributed by atoms with Gasteiger partial charge in [-0.05, 0) is 12.1 Å². The third-order valence-electron chi connectivity index (χ3n) is 2.26. The van der Waals surface area contributed by atoms with Gasteiger partial charge in [0.2, 0.25) is 0 Å². The standard InChI is InChI=1S/C10H13N5O/c1-11-9-5-3-4-8(13-9)6-15-10(16)14(2)7-12-15/h3-5,7H,6H2,1-2H3,(H,11,13). The molecule has 0 aliphatic rings. The average molecular weight is 219 g/mol. The van der Waals surface area contributed by atoms with Gasteiger partial charge in [0.25, 0.3) is 0 Å². The van der Waals surface area contributed by atoms with E-state index in [0.29, 0.717) is 6.54 Å². The van der Waals surface area contributed by atoms with Gasteiger partial charge in [-0.2, -0.15) is 5.10 Å². The second-order valence-corrected chi connectivity index (χ2v) is 3.45. The third-order valence-corrected chi connectivity index (χ3v) is 2.26. The van der Waals surface area contributed by atoms with Crippen LogP contribution in [0.2, 0.25) is 0 Å². The lowest BCUT2D eigenvalue weighted by atomic mass is 10.3. The highest BCUT2D eigenvalue weighted by Crippen LogP contribution is 2.04. The monoisotopic (exact) mass is 219 g/mol. The van der Waals surface area contributed by atoms with Gasteiger partial charge in [0, 0.05) is 14.1 Å². The lowest BCUT2D eigenvalue weighted by Crippen LogP contribution is -2.23. The molecule has 0 bridgehead atoms. The molecule has 0 saturated carbocycles. The number of aromatic nitrogens is 4. The predicted octanol–water partition coefficient (Wildman–Crippen LogP) is 0.0668. The van der Waals surface area contributed by atoms with Gasteiger partial charge < -0.3 is 5.32 Å². The Kier molecular flexibility index (Phi) is 2.72. The smallest absolute Gasteiger partial charge is 0.345 e. The lowest BCUT2D eigenvalue weighted by Gasteiger charge is -2.02. The molecule has 6 heteroatoms. The van der Waals surface area contributed by atoms with E-state index in [9.17, 15) is 4.79 Å². The van der Waals surface area contributed by atoms with E-state index in [-0.39, 0.29) is 5.69 Å². The largest absolute Gasteiger partial charge is 0.373 e. The molecule has 0 fully saturated rings. The van der Waals surface area contributed by atoms with Crippen molar-refractivity contribution >= 4 is 5.82 Å². The number of pyridine rings is 1.